The molecule has 4 heteroatoms. The number of likely N-dealkylation sites (tertiary alicyclic amines) is 2. The number of amides is 1. The molecule has 19 heavy (non-hydrogen) atoms. The lowest BCUT2D eigenvalue weighted by atomic mass is 9.95. The lowest BCUT2D eigenvalue weighted by molar-refractivity contribution is -0.130. The van der Waals surface area contributed by atoms with E-state index < -0.39 is 0 Å². The maximum absolute atomic E-state index is 11.7. The fourth-order valence-corrected chi connectivity index (χ4v) is 3.17. The summed E-state index contributed by atoms with van der Waals surface area (Å²) in [5, 5.41) is 0. The summed E-state index contributed by atoms with van der Waals surface area (Å²) < 4.78 is 0. The van der Waals surface area contributed by atoms with Crippen LogP contribution in [0.25, 0.3) is 0 Å². The minimum Gasteiger partial charge on any atom is -0.348 e. The summed E-state index contributed by atoms with van der Waals surface area (Å²) >= 11 is 0. The Bertz CT molecular complexity index is 290. The molecule has 2 aliphatic rings. The second-order valence-electron chi connectivity index (χ2n) is 6.51. The number of rotatable bonds is 3. The van der Waals surface area contributed by atoms with E-state index in [1.165, 1.54) is 38.8 Å². The molecular formula is C15H29N3O. The molecule has 0 aliphatic carbocycles. The van der Waals surface area contributed by atoms with Crippen molar-refractivity contribution in [2.45, 2.75) is 38.6 Å². The molecule has 0 atom stereocenters. The number of hydrogen-bond donors (Lipinski definition) is 0. The monoisotopic (exact) mass is 267 g/mol. The molecule has 0 spiro atoms. The summed E-state index contributed by atoms with van der Waals surface area (Å²) in [5.74, 6) is 1.14. The van der Waals surface area contributed by atoms with Crippen molar-refractivity contribution in [1.82, 2.24) is 14.7 Å². The number of nitrogens with zero attached hydrogens (tertiary/aromatic N) is 3. The minimum atomic E-state index is 0.227. The van der Waals surface area contributed by atoms with Crippen LogP contribution in [-0.4, -0.2) is 73.5 Å². The first-order valence-electron chi connectivity index (χ1n) is 7.73. The highest BCUT2D eigenvalue weighted by Gasteiger charge is 2.27. The third-order valence-corrected chi connectivity index (χ3v) is 4.75. The van der Waals surface area contributed by atoms with Crippen LogP contribution in [0.5, 0.6) is 0 Å². The Morgan fingerprint density at radius 3 is 2.16 bits per heavy atom. The predicted octanol–water partition coefficient (Wildman–Crippen LogP) is 1.27. The van der Waals surface area contributed by atoms with Crippen LogP contribution in [-0.2, 0) is 4.79 Å². The lowest BCUT2D eigenvalue weighted by Crippen LogP contribution is -2.49. The van der Waals surface area contributed by atoms with E-state index in [4.69, 9.17) is 0 Å². The zero-order chi connectivity index (χ0) is 13.8. The van der Waals surface area contributed by atoms with Gasteiger partial charge in [-0.25, -0.2) is 0 Å². The van der Waals surface area contributed by atoms with Gasteiger partial charge in [0.25, 0.3) is 0 Å². The maximum Gasteiger partial charge on any atom is 0.236 e. The largest absolute Gasteiger partial charge is 0.348 e. The van der Waals surface area contributed by atoms with Crippen molar-refractivity contribution in [1.29, 1.82) is 0 Å². The van der Waals surface area contributed by atoms with Crippen LogP contribution in [0.2, 0.25) is 0 Å². The molecule has 4 nitrogen and oxygen atoms in total. The van der Waals surface area contributed by atoms with E-state index in [1.807, 2.05) is 14.1 Å². The van der Waals surface area contributed by atoms with Crippen molar-refractivity contribution in [3.8, 4) is 0 Å². The Morgan fingerprint density at radius 2 is 1.63 bits per heavy atom. The topological polar surface area (TPSA) is 26.8 Å². The quantitative estimate of drug-likeness (QED) is 0.770. The molecule has 2 fully saturated rings. The van der Waals surface area contributed by atoms with Crippen molar-refractivity contribution in [2.24, 2.45) is 5.92 Å². The van der Waals surface area contributed by atoms with Crippen molar-refractivity contribution in [2.75, 3.05) is 46.8 Å². The zero-order valence-corrected chi connectivity index (χ0v) is 12.8. The highest BCUT2D eigenvalue weighted by molar-refractivity contribution is 5.77. The SMILES string of the molecule is CC1CCN(C2CCN(CC(=O)N(C)C)CC2)CC1. The van der Waals surface area contributed by atoms with Crippen LogP contribution in [0.3, 0.4) is 0 Å². The summed E-state index contributed by atoms with van der Waals surface area (Å²) in [6.07, 6.45) is 5.18. The molecule has 0 unspecified atom stereocenters. The van der Waals surface area contributed by atoms with Crippen LogP contribution >= 0.6 is 0 Å². The molecule has 2 aliphatic heterocycles. The summed E-state index contributed by atoms with van der Waals surface area (Å²) in [7, 11) is 3.67. The fourth-order valence-electron chi connectivity index (χ4n) is 3.17. The van der Waals surface area contributed by atoms with Gasteiger partial charge in [-0.1, -0.05) is 6.92 Å². The van der Waals surface area contributed by atoms with Crippen molar-refractivity contribution in [3.63, 3.8) is 0 Å². The zero-order valence-electron chi connectivity index (χ0n) is 12.8. The smallest absolute Gasteiger partial charge is 0.236 e. The average Bonchev–Trinajstić information content (AvgIpc) is 2.40. The van der Waals surface area contributed by atoms with Gasteiger partial charge in [0.1, 0.15) is 0 Å². The number of carbonyl (C=O) groups excluding carboxylic acids is 1. The fraction of sp³-hybridized carbons (Fsp3) is 0.933. The normalized spacial score (nSPS) is 24.6. The molecule has 0 aromatic heterocycles. The van der Waals surface area contributed by atoms with E-state index >= 15 is 0 Å². The van der Waals surface area contributed by atoms with E-state index in [0.29, 0.717) is 6.54 Å². The lowest BCUT2D eigenvalue weighted by Gasteiger charge is -2.41. The molecule has 0 aromatic carbocycles. The molecule has 0 saturated carbocycles. The summed E-state index contributed by atoms with van der Waals surface area (Å²) in [6.45, 7) is 7.68. The van der Waals surface area contributed by atoms with Crippen molar-refractivity contribution < 1.29 is 4.79 Å². The molecule has 110 valence electrons. The minimum absolute atomic E-state index is 0.227. The van der Waals surface area contributed by atoms with E-state index in [-0.39, 0.29) is 5.91 Å². The van der Waals surface area contributed by atoms with Gasteiger partial charge in [-0.2, -0.15) is 0 Å². The Hall–Kier alpha value is -0.610. The molecule has 0 N–H and O–H groups in total. The molecule has 0 aromatic rings. The van der Waals surface area contributed by atoms with Gasteiger partial charge >= 0.3 is 0 Å². The third-order valence-electron chi connectivity index (χ3n) is 4.75. The van der Waals surface area contributed by atoms with Gasteiger partial charge in [0, 0.05) is 33.2 Å². The molecule has 2 saturated heterocycles. The first-order chi connectivity index (χ1) is 9.06. The number of hydrogen-bond acceptors (Lipinski definition) is 3. The predicted molar refractivity (Wildman–Crippen MR) is 78.1 cm³/mol. The van der Waals surface area contributed by atoms with Gasteiger partial charge in [-0.05, 0) is 44.7 Å². The highest BCUT2D eigenvalue weighted by atomic mass is 16.2. The molecular weight excluding hydrogens is 238 g/mol. The van der Waals surface area contributed by atoms with E-state index in [1.54, 1.807) is 4.90 Å². The number of piperidine rings is 2. The first kappa shape index (κ1) is 14.8. The maximum atomic E-state index is 11.7. The van der Waals surface area contributed by atoms with Crippen LogP contribution in [0, 0.1) is 5.92 Å². The standard InChI is InChI=1S/C15H29N3O/c1-13-4-10-18(11-5-13)14-6-8-17(9-7-14)12-15(19)16(2)3/h13-14H,4-12H2,1-3H3. The van der Waals surface area contributed by atoms with Crippen LogP contribution in [0.4, 0.5) is 0 Å². The van der Waals surface area contributed by atoms with Gasteiger partial charge in [-0.3, -0.25) is 9.69 Å². The van der Waals surface area contributed by atoms with E-state index in [2.05, 4.69) is 16.7 Å². The van der Waals surface area contributed by atoms with Crippen LogP contribution in [0.15, 0.2) is 0 Å². The summed E-state index contributed by atoms with van der Waals surface area (Å²) in [5.41, 5.74) is 0. The Morgan fingerprint density at radius 1 is 1.05 bits per heavy atom. The van der Waals surface area contributed by atoms with Gasteiger partial charge in [0.15, 0.2) is 0 Å². The second-order valence-corrected chi connectivity index (χ2v) is 6.51. The first-order valence-corrected chi connectivity index (χ1v) is 7.73. The Balaban J connectivity index is 1.72. The molecule has 0 bridgehead atoms. The van der Waals surface area contributed by atoms with Gasteiger partial charge in [0.05, 0.1) is 6.54 Å². The van der Waals surface area contributed by atoms with Gasteiger partial charge < -0.3 is 9.80 Å². The molecule has 1 amide bonds. The van der Waals surface area contributed by atoms with Gasteiger partial charge in [0.2, 0.25) is 5.91 Å². The van der Waals surface area contributed by atoms with Crippen LogP contribution in [0.1, 0.15) is 32.6 Å². The van der Waals surface area contributed by atoms with Crippen molar-refractivity contribution in [3.05, 3.63) is 0 Å². The van der Waals surface area contributed by atoms with Gasteiger partial charge in [-0.15, -0.1) is 0 Å². The second kappa shape index (κ2) is 6.71. The van der Waals surface area contributed by atoms with Crippen molar-refractivity contribution >= 4 is 5.91 Å². The molecule has 0 radical (unpaired) electrons. The number of carbonyl (C=O) groups is 1. The summed E-state index contributed by atoms with van der Waals surface area (Å²) in [6, 6.07) is 0.762. The average molecular weight is 267 g/mol. The molecule has 2 rings (SSSR count). The van der Waals surface area contributed by atoms with Crippen LogP contribution < -0.4 is 0 Å². The highest BCUT2D eigenvalue weighted by Crippen LogP contribution is 2.23. The molecule has 2 heterocycles. The Kier molecular flexibility index (Phi) is 5.22. The Labute approximate surface area is 117 Å². The third kappa shape index (κ3) is 4.18. The summed E-state index contributed by atoms with van der Waals surface area (Å²) in [4.78, 5) is 18.4. The van der Waals surface area contributed by atoms with E-state index in [9.17, 15) is 4.79 Å². The number of likely N-dealkylation sites (N-methyl/N-ethyl adjacent to an activating group) is 1. The van der Waals surface area contributed by atoms with E-state index in [0.717, 1.165) is 25.0 Å².